The fraction of sp³-hybridized carbons (Fsp3) is 0.0526. The topological polar surface area (TPSA) is 30.5 Å². The van der Waals surface area contributed by atoms with Gasteiger partial charge in [0, 0.05) is 6.07 Å². The molecule has 0 saturated carbocycles. The first-order valence-corrected chi connectivity index (χ1v) is 7.25. The Morgan fingerprint density at radius 1 is 0.783 bits per heavy atom. The van der Waals surface area contributed by atoms with Gasteiger partial charge >= 0.3 is 0 Å². The molecule has 0 radical (unpaired) electrons. The lowest BCUT2D eigenvalue weighted by atomic mass is 10.2. The van der Waals surface area contributed by atoms with Crippen LogP contribution in [-0.2, 0) is 6.61 Å². The van der Waals surface area contributed by atoms with Gasteiger partial charge in [0.25, 0.3) is 0 Å². The standard InChI is InChI=1S/C19H16FNO2/c20-16-7-4-8-17(13-16)21-23-19-11-9-18(10-12-19)22-14-15-5-2-1-3-6-15/h1-13,21H,14H2. The number of nitrogens with one attached hydrogen (secondary N) is 1. The van der Waals surface area contributed by atoms with Crippen LogP contribution < -0.4 is 15.1 Å². The summed E-state index contributed by atoms with van der Waals surface area (Å²) >= 11 is 0. The van der Waals surface area contributed by atoms with E-state index in [1.807, 2.05) is 42.5 Å². The average Bonchev–Trinajstić information content (AvgIpc) is 2.60. The van der Waals surface area contributed by atoms with E-state index >= 15 is 0 Å². The molecule has 1 N–H and O–H groups in total. The summed E-state index contributed by atoms with van der Waals surface area (Å²) in [4.78, 5) is 5.39. The SMILES string of the molecule is Fc1cccc(NOc2ccc(OCc3ccccc3)cc2)c1. The molecule has 23 heavy (non-hydrogen) atoms. The minimum atomic E-state index is -0.316. The van der Waals surface area contributed by atoms with Crippen molar-refractivity contribution < 1.29 is 14.0 Å². The molecule has 0 aliphatic heterocycles. The smallest absolute Gasteiger partial charge is 0.155 e. The summed E-state index contributed by atoms with van der Waals surface area (Å²) in [6, 6.07) is 23.3. The minimum absolute atomic E-state index is 0.316. The van der Waals surface area contributed by atoms with E-state index < -0.39 is 0 Å². The molecule has 0 aliphatic rings. The van der Waals surface area contributed by atoms with Crippen LogP contribution in [-0.4, -0.2) is 0 Å². The molecule has 3 nitrogen and oxygen atoms in total. The molecular weight excluding hydrogens is 293 g/mol. The number of rotatable bonds is 6. The minimum Gasteiger partial charge on any atom is -0.489 e. The zero-order valence-electron chi connectivity index (χ0n) is 12.4. The van der Waals surface area contributed by atoms with E-state index in [-0.39, 0.29) is 5.82 Å². The van der Waals surface area contributed by atoms with Crippen LogP contribution in [0.3, 0.4) is 0 Å². The van der Waals surface area contributed by atoms with E-state index in [1.54, 1.807) is 24.3 Å². The third kappa shape index (κ3) is 4.48. The third-order valence-electron chi connectivity index (χ3n) is 3.18. The summed E-state index contributed by atoms with van der Waals surface area (Å²) in [6.45, 7) is 0.516. The summed E-state index contributed by atoms with van der Waals surface area (Å²) in [5.41, 5.74) is 4.36. The lowest BCUT2D eigenvalue weighted by Gasteiger charge is -2.10. The Labute approximate surface area is 134 Å². The normalized spacial score (nSPS) is 10.1. The predicted octanol–water partition coefficient (Wildman–Crippen LogP) is 4.81. The van der Waals surface area contributed by atoms with Gasteiger partial charge in [-0.15, -0.1) is 0 Å². The molecule has 0 bridgehead atoms. The zero-order valence-corrected chi connectivity index (χ0v) is 12.4. The second kappa shape index (κ2) is 7.31. The third-order valence-corrected chi connectivity index (χ3v) is 3.18. The first kappa shape index (κ1) is 14.9. The lowest BCUT2D eigenvalue weighted by molar-refractivity contribution is 0.305. The highest BCUT2D eigenvalue weighted by Crippen LogP contribution is 2.19. The predicted molar refractivity (Wildman–Crippen MR) is 87.9 cm³/mol. The Morgan fingerprint density at radius 3 is 2.26 bits per heavy atom. The Morgan fingerprint density at radius 2 is 1.52 bits per heavy atom. The van der Waals surface area contributed by atoms with Crippen LogP contribution in [0.2, 0.25) is 0 Å². The molecule has 0 amide bonds. The van der Waals surface area contributed by atoms with Crippen molar-refractivity contribution in [2.75, 3.05) is 5.48 Å². The molecule has 0 aromatic heterocycles. The van der Waals surface area contributed by atoms with Crippen LogP contribution in [0.1, 0.15) is 5.56 Å². The number of halogens is 1. The Bertz CT molecular complexity index is 745. The Hall–Kier alpha value is -3.01. The molecule has 0 heterocycles. The van der Waals surface area contributed by atoms with Gasteiger partial charge in [-0.3, -0.25) is 0 Å². The van der Waals surface area contributed by atoms with Gasteiger partial charge in [0.15, 0.2) is 5.75 Å². The second-order valence-electron chi connectivity index (χ2n) is 4.96. The molecule has 4 heteroatoms. The van der Waals surface area contributed by atoms with Gasteiger partial charge in [-0.2, -0.15) is 0 Å². The van der Waals surface area contributed by atoms with Crippen molar-refractivity contribution in [1.82, 2.24) is 0 Å². The number of benzene rings is 3. The van der Waals surface area contributed by atoms with Crippen molar-refractivity contribution >= 4 is 5.69 Å². The van der Waals surface area contributed by atoms with Crippen LogP contribution in [0.25, 0.3) is 0 Å². The maximum atomic E-state index is 13.1. The molecule has 0 unspecified atom stereocenters. The quantitative estimate of drug-likeness (QED) is 0.663. The van der Waals surface area contributed by atoms with Gasteiger partial charge in [-0.1, -0.05) is 36.4 Å². The van der Waals surface area contributed by atoms with Gasteiger partial charge < -0.3 is 9.57 Å². The van der Waals surface area contributed by atoms with Crippen molar-refractivity contribution in [3.05, 3.63) is 90.2 Å². The summed E-state index contributed by atoms with van der Waals surface area (Å²) in [5, 5.41) is 0. The van der Waals surface area contributed by atoms with Crippen LogP contribution in [0.15, 0.2) is 78.9 Å². The van der Waals surface area contributed by atoms with Crippen LogP contribution in [0, 0.1) is 5.82 Å². The number of anilines is 1. The molecule has 3 aromatic rings. The van der Waals surface area contributed by atoms with Gasteiger partial charge in [0.2, 0.25) is 0 Å². The van der Waals surface area contributed by atoms with Gasteiger partial charge in [0.1, 0.15) is 18.2 Å². The zero-order chi connectivity index (χ0) is 15.9. The highest BCUT2D eigenvalue weighted by Gasteiger charge is 1.99. The highest BCUT2D eigenvalue weighted by atomic mass is 19.1. The summed E-state index contributed by atoms with van der Waals surface area (Å²) in [5.74, 6) is 1.05. The molecule has 0 atom stereocenters. The highest BCUT2D eigenvalue weighted by molar-refractivity contribution is 5.42. The van der Waals surface area contributed by atoms with Crippen molar-refractivity contribution in [2.24, 2.45) is 0 Å². The van der Waals surface area contributed by atoms with Gasteiger partial charge in [-0.05, 0) is 42.0 Å². The summed E-state index contributed by atoms with van der Waals surface area (Å²) < 4.78 is 18.8. The van der Waals surface area contributed by atoms with Crippen molar-refractivity contribution in [2.45, 2.75) is 6.61 Å². The van der Waals surface area contributed by atoms with Gasteiger partial charge in [0.05, 0.1) is 5.69 Å². The Kier molecular flexibility index (Phi) is 4.74. The maximum Gasteiger partial charge on any atom is 0.155 e. The summed E-state index contributed by atoms with van der Waals surface area (Å²) in [6.07, 6.45) is 0. The van der Waals surface area contributed by atoms with E-state index in [1.165, 1.54) is 12.1 Å². The largest absolute Gasteiger partial charge is 0.489 e. The lowest BCUT2D eigenvalue weighted by Crippen LogP contribution is -2.04. The molecule has 0 aliphatic carbocycles. The molecule has 0 spiro atoms. The molecule has 3 aromatic carbocycles. The number of hydrogen-bond acceptors (Lipinski definition) is 3. The average molecular weight is 309 g/mol. The molecule has 116 valence electrons. The van der Waals surface area contributed by atoms with E-state index in [4.69, 9.17) is 9.57 Å². The van der Waals surface area contributed by atoms with Crippen LogP contribution in [0.5, 0.6) is 11.5 Å². The van der Waals surface area contributed by atoms with E-state index in [0.717, 1.165) is 11.3 Å². The fourth-order valence-corrected chi connectivity index (χ4v) is 2.01. The Balaban J connectivity index is 1.52. The number of ether oxygens (including phenoxy) is 1. The molecule has 0 saturated heterocycles. The van der Waals surface area contributed by atoms with Gasteiger partial charge in [-0.25, -0.2) is 9.87 Å². The first-order valence-electron chi connectivity index (χ1n) is 7.25. The van der Waals surface area contributed by atoms with E-state index in [0.29, 0.717) is 18.0 Å². The monoisotopic (exact) mass is 309 g/mol. The van der Waals surface area contributed by atoms with Crippen molar-refractivity contribution in [1.29, 1.82) is 0 Å². The number of hydrogen-bond donors (Lipinski definition) is 1. The van der Waals surface area contributed by atoms with E-state index in [2.05, 4.69) is 5.48 Å². The first-order chi connectivity index (χ1) is 11.3. The fourth-order valence-electron chi connectivity index (χ4n) is 2.01. The molecular formula is C19H16FNO2. The molecule has 0 fully saturated rings. The van der Waals surface area contributed by atoms with E-state index in [9.17, 15) is 4.39 Å². The van der Waals surface area contributed by atoms with Crippen LogP contribution >= 0.6 is 0 Å². The van der Waals surface area contributed by atoms with Crippen molar-refractivity contribution in [3.8, 4) is 11.5 Å². The van der Waals surface area contributed by atoms with Crippen LogP contribution in [0.4, 0.5) is 10.1 Å². The maximum absolute atomic E-state index is 13.1. The molecule has 3 rings (SSSR count). The summed E-state index contributed by atoms with van der Waals surface area (Å²) in [7, 11) is 0. The second-order valence-corrected chi connectivity index (χ2v) is 4.96. The van der Waals surface area contributed by atoms with Crippen molar-refractivity contribution in [3.63, 3.8) is 0 Å².